The van der Waals surface area contributed by atoms with Crippen molar-refractivity contribution in [1.29, 1.82) is 0 Å². The van der Waals surface area contributed by atoms with Crippen LogP contribution in [-0.2, 0) is 27.5 Å². The number of hydrogen-bond acceptors (Lipinski definition) is 9. The van der Waals surface area contributed by atoms with E-state index in [4.69, 9.17) is 28.9 Å². The predicted molar refractivity (Wildman–Crippen MR) is 252 cm³/mol. The molecule has 0 aromatic heterocycles. The molecule has 0 saturated heterocycles. The van der Waals surface area contributed by atoms with E-state index in [1.165, 1.54) is 19.2 Å². The van der Waals surface area contributed by atoms with E-state index in [0.717, 1.165) is 53.5 Å². The molecule has 1 fully saturated rings. The van der Waals surface area contributed by atoms with E-state index in [2.05, 4.69) is 30.9 Å². The molecule has 344 valence electrons. The highest BCUT2D eigenvalue weighted by atomic mass is 19.1. The number of unbranched alkanes of at least 4 members (excludes halogenated alkanes) is 2. The number of amides is 1. The summed E-state index contributed by atoms with van der Waals surface area (Å²) in [6.45, 7) is 4.56. The molecule has 10 nitrogen and oxygen atoms in total. The van der Waals surface area contributed by atoms with Crippen molar-refractivity contribution in [3.8, 4) is 28.4 Å². The lowest BCUT2D eigenvalue weighted by atomic mass is 9.55. The second-order valence-electron chi connectivity index (χ2n) is 17.2. The van der Waals surface area contributed by atoms with Gasteiger partial charge in [-0.15, -0.1) is 6.58 Å². The maximum absolute atomic E-state index is 14.3. The fourth-order valence-electron chi connectivity index (χ4n) is 10.2. The lowest BCUT2D eigenvalue weighted by molar-refractivity contribution is -0.256. The first-order valence-corrected chi connectivity index (χ1v) is 23.0. The molecule has 3 aliphatic rings. The highest BCUT2D eigenvalue weighted by Crippen LogP contribution is 2.62. The van der Waals surface area contributed by atoms with Gasteiger partial charge in [-0.1, -0.05) is 115 Å². The van der Waals surface area contributed by atoms with Gasteiger partial charge in [-0.05, 0) is 108 Å². The van der Waals surface area contributed by atoms with Crippen molar-refractivity contribution < 1.29 is 43.2 Å². The molecule has 6 unspecified atom stereocenters. The number of hydrogen-bond donors (Lipinski definition) is 2. The first kappa shape index (κ1) is 46.3. The van der Waals surface area contributed by atoms with Crippen molar-refractivity contribution in [1.82, 2.24) is 4.90 Å². The van der Waals surface area contributed by atoms with Gasteiger partial charge in [0.1, 0.15) is 35.7 Å². The van der Waals surface area contributed by atoms with Crippen LogP contribution in [0.15, 0.2) is 157 Å². The minimum atomic E-state index is -1.51. The Morgan fingerprint density at radius 3 is 2.23 bits per heavy atom. The van der Waals surface area contributed by atoms with Crippen molar-refractivity contribution in [2.24, 2.45) is 22.9 Å². The van der Waals surface area contributed by atoms with Gasteiger partial charge >= 0.3 is 6.09 Å². The van der Waals surface area contributed by atoms with Crippen LogP contribution < -0.4 is 9.47 Å². The summed E-state index contributed by atoms with van der Waals surface area (Å²) >= 11 is 0. The molecule has 1 amide bonds. The van der Waals surface area contributed by atoms with Crippen LogP contribution in [0.25, 0.3) is 11.1 Å². The fourth-order valence-corrected chi connectivity index (χ4v) is 10.2. The van der Waals surface area contributed by atoms with E-state index in [0.29, 0.717) is 41.4 Å². The molecule has 5 aromatic carbocycles. The molecule has 66 heavy (non-hydrogen) atoms. The summed E-state index contributed by atoms with van der Waals surface area (Å²) in [5, 5.41) is 24.9. The van der Waals surface area contributed by atoms with Crippen LogP contribution in [0.1, 0.15) is 67.6 Å². The first-order chi connectivity index (χ1) is 32.3. The van der Waals surface area contributed by atoms with Crippen LogP contribution >= 0.6 is 0 Å². The highest BCUT2D eigenvalue weighted by molar-refractivity contribution is 6.03. The monoisotopic (exact) mass is 894 g/mol. The summed E-state index contributed by atoms with van der Waals surface area (Å²) in [6, 6.07) is 39.1. The number of oxime groups is 1. The summed E-state index contributed by atoms with van der Waals surface area (Å²) in [6.07, 6.45) is 7.98. The number of allylic oxidation sites excluding steroid dienone is 1. The molecule has 5 aromatic rings. The fraction of sp³-hybridized carbons (Fsp3) is 0.345. The third-order valence-electron chi connectivity index (χ3n) is 13.1. The molecule has 0 radical (unpaired) electrons. The molecule has 2 aliphatic carbocycles. The molecule has 6 atom stereocenters. The van der Waals surface area contributed by atoms with E-state index in [1.807, 2.05) is 84.9 Å². The minimum absolute atomic E-state index is 0.00710. The third-order valence-corrected chi connectivity index (χ3v) is 13.1. The zero-order chi connectivity index (χ0) is 45.9. The molecule has 8 rings (SSSR count). The Morgan fingerprint density at radius 2 is 1.53 bits per heavy atom. The number of aliphatic hydroxyl groups excluding tert-OH is 2. The molecular formula is C55H59FN2O8. The molecule has 1 heterocycles. The highest BCUT2D eigenvalue weighted by Gasteiger charge is 2.65. The smallest absolute Gasteiger partial charge is 0.410 e. The number of ether oxygens (including phenoxy) is 4. The lowest BCUT2D eigenvalue weighted by Gasteiger charge is -2.59. The van der Waals surface area contributed by atoms with Gasteiger partial charge in [0.2, 0.25) is 5.79 Å². The van der Waals surface area contributed by atoms with Crippen LogP contribution in [0.4, 0.5) is 9.18 Å². The number of carbonyl (C=O) groups excluding carboxylic acids is 1. The van der Waals surface area contributed by atoms with E-state index < -0.39 is 29.7 Å². The quantitative estimate of drug-likeness (QED) is 0.0450. The average Bonchev–Trinajstić information content (AvgIpc) is 3.35. The normalized spacial score (nSPS) is 22.3. The standard InChI is InChI=1S/C55H59FN2O8/c1-3-32-63-55-51(58(54(61)62-2)36-38-20-24-43(56)25-21-38)35-49(57-64-37-39-14-6-4-7-15-39)47-33-42(18-10-12-30-59)46(19-11-13-31-60)52(53(47)55)48-34-45(28-29-50(48)66-55)65-44-26-22-41(23-27-44)40-16-8-5-9-17-40/h3-9,14-17,20-29,33-34,42,46,51-53,59-60H,1,10-13,18-19,30-32,35-37H2,2H3. The molecule has 11 heteroatoms. The van der Waals surface area contributed by atoms with Crippen molar-refractivity contribution in [3.05, 3.63) is 174 Å². The van der Waals surface area contributed by atoms with Gasteiger partial charge in [0.05, 0.1) is 25.3 Å². The predicted octanol–water partition coefficient (Wildman–Crippen LogP) is 11.4. The Kier molecular flexibility index (Phi) is 15.3. The van der Waals surface area contributed by atoms with E-state index in [1.54, 1.807) is 23.1 Å². The second-order valence-corrected chi connectivity index (χ2v) is 17.2. The lowest BCUT2D eigenvalue weighted by Crippen LogP contribution is -2.70. The number of nitrogens with zero attached hydrogens (tertiary/aromatic N) is 2. The average molecular weight is 895 g/mol. The zero-order valence-corrected chi connectivity index (χ0v) is 37.5. The SMILES string of the molecule is C=CCOC12Oc3ccc(Oc4ccc(-c5ccccc5)cc4)cc3C3C(CCCCO)C(CCCCO)C=C(C(=NOCc4ccccc4)CC1N(Cc1ccc(F)cc1)C(=O)OC)C32. The summed E-state index contributed by atoms with van der Waals surface area (Å²) in [5.74, 6) is -0.771. The van der Waals surface area contributed by atoms with Gasteiger partial charge in [0, 0.05) is 37.7 Å². The van der Waals surface area contributed by atoms with Crippen LogP contribution in [0.5, 0.6) is 17.2 Å². The summed E-state index contributed by atoms with van der Waals surface area (Å²) in [4.78, 5) is 22.1. The topological polar surface area (TPSA) is 119 Å². The molecule has 1 aliphatic heterocycles. The number of carbonyl (C=O) groups is 1. The van der Waals surface area contributed by atoms with Crippen molar-refractivity contribution in [2.45, 2.75) is 75.8 Å². The van der Waals surface area contributed by atoms with E-state index in [9.17, 15) is 19.4 Å². The Hall–Kier alpha value is -6.27. The second kappa shape index (κ2) is 21.8. The van der Waals surface area contributed by atoms with E-state index >= 15 is 0 Å². The van der Waals surface area contributed by atoms with Crippen molar-refractivity contribution >= 4 is 11.8 Å². The van der Waals surface area contributed by atoms with Crippen LogP contribution in [-0.4, -0.2) is 65.7 Å². The van der Waals surface area contributed by atoms with Gasteiger partial charge in [-0.3, -0.25) is 4.90 Å². The number of benzene rings is 5. The van der Waals surface area contributed by atoms with Gasteiger partial charge < -0.3 is 34.0 Å². The molecule has 0 spiro atoms. The van der Waals surface area contributed by atoms with E-state index in [-0.39, 0.29) is 57.1 Å². The van der Waals surface area contributed by atoms with Crippen molar-refractivity contribution in [3.63, 3.8) is 0 Å². The third kappa shape index (κ3) is 10.2. The maximum atomic E-state index is 14.3. The summed E-state index contributed by atoms with van der Waals surface area (Å²) in [7, 11) is 1.34. The molecule has 2 N–H and O–H groups in total. The molecular weight excluding hydrogens is 836 g/mol. The van der Waals surface area contributed by atoms with Gasteiger partial charge in [0.15, 0.2) is 0 Å². The Morgan fingerprint density at radius 1 is 0.848 bits per heavy atom. The number of aliphatic hydroxyl groups is 2. The molecule has 0 bridgehead atoms. The largest absolute Gasteiger partial charge is 0.459 e. The van der Waals surface area contributed by atoms with Gasteiger partial charge in [0.25, 0.3) is 0 Å². The Balaban J connectivity index is 1.30. The first-order valence-electron chi connectivity index (χ1n) is 23.0. The zero-order valence-electron chi connectivity index (χ0n) is 37.5. The summed E-state index contributed by atoms with van der Waals surface area (Å²) < 4.78 is 40.9. The van der Waals surface area contributed by atoms with Crippen molar-refractivity contribution in [2.75, 3.05) is 26.9 Å². The molecule has 1 saturated carbocycles. The maximum Gasteiger partial charge on any atom is 0.410 e. The van der Waals surface area contributed by atoms with Crippen LogP contribution in [0.2, 0.25) is 0 Å². The number of rotatable bonds is 20. The van der Waals surface area contributed by atoms with Crippen LogP contribution in [0, 0.1) is 23.6 Å². The number of fused-ring (bicyclic) bond motifs is 2. The van der Waals surface area contributed by atoms with Gasteiger partial charge in [-0.25, -0.2) is 9.18 Å². The Bertz CT molecular complexity index is 2450. The number of methoxy groups -OCH3 is 1. The van der Waals surface area contributed by atoms with Gasteiger partial charge in [-0.2, -0.15) is 0 Å². The Labute approximate surface area is 386 Å². The summed E-state index contributed by atoms with van der Waals surface area (Å²) in [5.41, 5.74) is 6.30. The number of halogens is 1. The minimum Gasteiger partial charge on any atom is -0.459 e. The van der Waals surface area contributed by atoms with Crippen LogP contribution in [0.3, 0.4) is 0 Å².